The number of anilines is 1. The molecule has 0 aliphatic heterocycles. The fourth-order valence-electron chi connectivity index (χ4n) is 2.17. The van der Waals surface area contributed by atoms with E-state index >= 15 is 0 Å². The molecule has 2 aromatic rings. The standard InChI is InChI=1S/C15H15Cl2N3O4S/c1-9(10-3-5-12(16)13(17)7-10)19-14-6-4-11(25(23,24)18-2)8-15(14)20(21)22/h3-9,18-19H,1-2H3. The van der Waals surface area contributed by atoms with Gasteiger partial charge in [-0.1, -0.05) is 29.3 Å². The van der Waals surface area contributed by atoms with Crippen LogP contribution in [-0.4, -0.2) is 20.4 Å². The topological polar surface area (TPSA) is 101 Å². The lowest BCUT2D eigenvalue weighted by Crippen LogP contribution is -2.19. The van der Waals surface area contributed by atoms with Gasteiger partial charge >= 0.3 is 0 Å². The summed E-state index contributed by atoms with van der Waals surface area (Å²) in [6.45, 7) is 1.79. The number of benzene rings is 2. The average Bonchev–Trinajstić information content (AvgIpc) is 2.57. The van der Waals surface area contributed by atoms with Crippen molar-refractivity contribution in [3.8, 4) is 0 Å². The Hall–Kier alpha value is -1.87. The molecule has 0 saturated heterocycles. The van der Waals surface area contributed by atoms with Crippen molar-refractivity contribution in [3.05, 3.63) is 62.1 Å². The molecule has 0 aliphatic carbocycles. The van der Waals surface area contributed by atoms with Crippen LogP contribution in [-0.2, 0) is 10.0 Å². The molecule has 25 heavy (non-hydrogen) atoms. The maximum atomic E-state index is 11.8. The summed E-state index contributed by atoms with van der Waals surface area (Å²) in [6, 6.07) is 8.38. The molecular weight excluding hydrogens is 389 g/mol. The smallest absolute Gasteiger partial charge is 0.293 e. The minimum atomic E-state index is -3.78. The third kappa shape index (κ3) is 4.40. The van der Waals surface area contributed by atoms with Crippen molar-refractivity contribution in [2.24, 2.45) is 0 Å². The zero-order valence-corrected chi connectivity index (χ0v) is 15.6. The van der Waals surface area contributed by atoms with E-state index in [2.05, 4.69) is 10.0 Å². The molecule has 0 heterocycles. The van der Waals surface area contributed by atoms with Crippen LogP contribution in [0.2, 0.25) is 10.0 Å². The van der Waals surface area contributed by atoms with Crippen LogP contribution in [0, 0.1) is 10.1 Å². The maximum Gasteiger partial charge on any atom is 0.293 e. The summed E-state index contributed by atoms with van der Waals surface area (Å²) >= 11 is 11.9. The van der Waals surface area contributed by atoms with E-state index in [1.807, 2.05) is 0 Å². The van der Waals surface area contributed by atoms with Crippen LogP contribution >= 0.6 is 23.2 Å². The number of nitro benzene ring substituents is 1. The van der Waals surface area contributed by atoms with E-state index in [9.17, 15) is 18.5 Å². The summed E-state index contributed by atoms with van der Waals surface area (Å²) in [4.78, 5) is 10.5. The first-order chi connectivity index (χ1) is 11.7. The van der Waals surface area contributed by atoms with Crippen LogP contribution in [0.15, 0.2) is 41.3 Å². The molecule has 0 saturated carbocycles. The number of hydrogen-bond acceptors (Lipinski definition) is 5. The van der Waals surface area contributed by atoms with E-state index in [1.165, 1.54) is 19.2 Å². The Morgan fingerprint density at radius 2 is 1.80 bits per heavy atom. The zero-order chi connectivity index (χ0) is 18.8. The highest BCUT2D eigenvalue weighted by Crippen LogP contribution is 2.32. The largest absolute Gasteiger partial charge is 0.373 e. The van der Waals surface area contributed by atoms with Gasteiger partial charge in [0.25, 0.3) is 5.69 Å². The first kappa shape index (κ1) is 19.5. The molecule has 0 aromatic heterocycles. The summed E-state index contributed by atoms with van der Waals surface area (Å²) in [5.41, 5.74) is 0.623. The molecule has 0 radical (unpaired) electrons. The minimum Gasteiger partial charge on any atom is -0.373 e. The van der Waals surface area contributed by atoms with Crippen molar-refractivity contribution >= 4 is 44.6 Å². The molecular formula is C15H15Cl2N3O4S. The van der Waals surface area contributed by atoms with Gasteiger partial charge in [0.15, 0.2) is 0 Å². The van der Waals surface area contributed by atoms with Crippen LogP contribution in [0.5, 0.6) is 0 Å². The van der Waals surface area contributed by atoms with Crippen molar-refractivity contribution < 1.29 is 13.3 Å². The van der Waals surface area contributed by atoms with Crippen LogP contribution in [0.4, 0.5) is 11.4 Å². The fraction of sp³-hybridized carbons (Fsp3) is 0.200. The first-order valence-corrected chi connectivity index (χ1v) is 9.33. The van der Waals surface area contributed by atoms with E-state index in [0.717, 1.165) is 11.6 Å². The monoisotopic (exact) mass is 403 g/mol. The summed E-state index contributed by atoms with van der Waals surface area (Å²) < 4.78 is 25.8. The number of hydrogen-bond donors (Lipinski definition) is 2. The van der Waals surface area contributed by atoms with Gasteiger partial charge in [-0.15, -0.1) is 0 Å². The van der Waals surface area contributed by atoms with Crippen molar-refractivity contribution in [2.45, 2.75) is 17.9 Å². The van der Waals surface area contributed by atoms with Gasteiger partial charge in [-0.25, -0.2) is 13.1 Å². The fourth-order valence-corrected chi connectivity index (χ4v) is 3.22. The molecule has 0 aliphatic rings. The van der Waals surface area contributed by atoms with Crippen LogP contribution in [0.1, 0.15) is 18.5 Å². The van der Waals surface area contributed by atoms with Gasteiger partial charge in [-0.05, 0) is 43.8 Å². The Bertz CT molecular complexity index is 919. The third-order valence-corrected chi connectivity index (χ3v) is 5.71. The van der Waals surface area contributed by atoms with E-state index in [1.54, 1.807) is 25.1 Å². The van der Waals surface area contributed by atoms with Crippen molar-refractivity contribution in [3.63, 3.8) is 0 Å². The first-order valence-electron chi connectivity index (χ1n) is 7.09. The van der Waals surface area contributed by atoms with Crippen LogP contribution in [0.3, 0.4) is 0 Å². The lowest BCUT2D eigenvalue weighted by molar-refractivity contribution is -0.384. The second-order valence-electron chi connectivity index (χ2n) is 5.18. The van der Waals surface area contributed by atoms with Crippen LogP contribution < -0.4 is 10.0 Å². The van der Waals surface area contributed by atoms with E-state index in [4.69, 9.17) is 23.2 Å². The number of sulfonamides is 1. The zero-order valence-electron chi connectivity index (χ0n) is 13.3. The molecule has 2 aromatic carbocycles. The van der Waals surface area contributed by atoms with Gasteiger partial charge in [-0.3, -0.25) is 10.1 Å². The Kier molecular flexibility index (Phi) is 5.89. The molecule has 7 nitrogen and oxygen atoms in total. The summed E-state index contributed by atoms with van der Waals surface area (Å²) in [5.74, 6) is 0. The minimum absolute atomic E-state index is 0.186. The number of rotatable bonds is 6. The second-order valence-corrected chi connectivity index (χ2v) is 7.88. The van der Waals surface area contributed by atoms with Gasteiger partial charge in [-0.2, -0.15) is 0 Å². The molecule has 0 spiro atoms. The highest BCUT2D eigenvalue weighted by molar-refractivity contribution is 7.89. The Morgan fingerprint density at radius 3 is 2.36 bits per heavy atom. The lowest BCUT2D eigenvalue weighted by atomic mass is 10.1. The van der Waals surface area contributed by atoms with Crippen molar-refractivity contribution in [1.29, 1.82) is 0 Å². The second kappa shape index (κ2) is 7.57. The quantitative estimate of drug-likeness (QED) is 0.560. The van der Waals surface area contributed by atoms with Gasteiger partial charge in [0.2, 0.25) is 10.0 Å². The molecule has 0 fully saturated rings. The lowest BCUT2D eigenvalue weighted by Gasteiger charge is -2.17. The highest BCUT2D eigenvalue weighted by atomic mass is 35.5. The van der Waals surface area contributed by atoms with Crippen molar-refractivity contribution in [1.82, 2.24) is 4.72 Å². The predicted molar refractivity (Wildman–Crippen MR) is 97.8 cm³/mol. The van der Waals surface area contributed by atoms with Gasteiger partial charge in [0.05, 0.1) is 19.9 Å². The van der Waals surface area contributed by atoms with Crippen LogP contribution in [0.25, 0.3) is 0 Å². The summed E-state index contributed by atoms with van der Waals surface area (Å²) in [6.07, 6.45) is 0. The molecule has 0 bridgehead atoms. The summed E-state index contributed by atoms with van der Waals surface area (Å²) in [7, 11) is -2.54. The Balaban J connectivity index is 2.38. The molecule has 2 rings (SSSR count). The number of halogens is 2. The van der Waals surface area contributed by atoms with Crippen molar-refractivity contribution in [2.75, 3.05) is 12.4 Å². The van der Waals surface area contributed by atoms with Gasteiger partial charge < -0.3 is 5.32 Å². The molecule has 1 atom stereocenters. The molecule has 134 valence electrons. The number of nitrogens with one attached hydrogen (secondary N) is 2. The maximum absolute atomic E-state index is 11.8. The Labute approximate surface area is 155 Å². The third-order valence-electron chi connectivity index (χ3n) is 3.56. The molecule has 0 amide bonds. The summed E-state index contributed by atoms with van der Waals surface area (Å²) in [5, 5.41) is 15.1. The van der Waals surface area contributed by atoms with E-state index < -0.39 is 14.9 Å². The molecule has 2 N–H and O–H groups in total. The van der Waals surface area contributed by atoms with E-state index in [0.29, 0.717) is 10.0 Å². The normalized spacial score (nSPS) is 12.6. The van der Waals surface area contributed by atoms with Gasteiger partial charge in [0.1, 0.15) is 5.69 Å². The SMILES string of the molecule is CNS(=O)(=O)c1ccc(NC(C)c2ccc(Cl)c(Cl)c2)c([N+](=O)[O-])c1. The molecule has 10 heteroatoms. The predicted octanol–water partition coefficient (Wildman–Crippen LogP) is 3.98. The number of nitro groups is 1. The Morgan fingerprint density at radius 1 is 1.12 bits per heavy atom. The highest BCUT2D eigenvalue weighted by Gasteiger charge is 2.21. The molecule has 1 unspecified atom stereocenters. The number of nitrogens with zero attached hydrogens (tertiary/aromatic N) is 1. The van der Waals surface area contributed by atoms with Gasteiger partial charge in [0, 0.05) is 12.1 Å². The van der Waals surface area contributed by atoms with E-state index in [-0.39, 0.29) is 22.3 Å². The average molecular weight is 404 g/mol.